The molecule has 0 bridgehead atoms. The molecule has 7 heteroatoms. The normalized spacial score (nSPS) is 11.7. The highest BCUT2D eigenvalue weighted by Crippen LogP contribution is 2.21. The van der Waals surface area contributed by atoms with Crippen LogP contribution in [-0.4, -0.2) is 17.8 Å². The zero-order valence-electron chi connectivity index (χ0n) is 7.68. The molecule has 0 N–H and O–H groups in total. The highest BCUT2D eigenvalue weighted by molar-refractivity contribution is 6.16. The van der Waals surface area contributed by atoms with E-state index >= 15 is 0 Å². The number of hydrogen-bond acceptors (Lipinski definition) is 3. The van der Waals surface area contributed by atoms with Gasteiger partial charge in [0.25, 0.3) is 0 Å². The van der Waals surface area contributed by atoms with E-state index in [0.717, 1.165) is 0 Å². The van der Waals surface area contributed by atoms with Crippen molar-refractivity contribution in [3.8, 4) is 6.08 Å². The SMILES string of the molecule is FC(F)(F)CCCOc1nc(CCl)co1. The average molecular weight is 244 g/mol. The fourth-order valence-electron chi connectivity index (χ4n) is 0.848. The van der Waals surface area contributed by atoms with Crippen LogP contribution >= 0.6 is 11.6 Å². The Hall–Kier alpha value is -0.910. The summed E-state index contributed by atoms with van der Waals surface area (Å²) in [5, 5.41) is 0. The van der Waals surface area contributed by atoms with Gasteiger partial charge >= 0.3 is 12.3 Å². The Balaban J connectivity index is 2.20. The summed E-state index contributed by atoms with van der Waals surface area (Å²) in [7, 11) is 0. The average Bonchev–Trinajstić information content (AvgIpc) is 2.59. The quantitative estimate of drug-likeness (QED) is 0.589. The van der Waals surface area contributed by atoms with Crippen LogP contribution in [0.2, 0.25) is 0 Å². The van der Waals surface area contributed by atoms with Crippen molar-refractivity contribution < 1.29 is 22.3 Å². The third kappa shape index (κ3) is 4.92. The summed E-state index contributed by atoms with van der Waals surface area (Å²) in [6.07, 6.45) is -3.90. The van der Waals surface area contributed by atoms with E-state index in [1.54, 1.807) is 0 Å². The van der Waals surface area contributed by atoms with Gasteiger partial charge in [-0.25, -0.2) is 0 Å². The van der Waals surface area contributed by atoms with Gasteiger partial charge in [-0.2, -0.15) is 18.2 Å². The first kappa shape index (κ1) is 12.2. The summed E-state index contributed by atoms with van der Waals surface area (Å²) >= 11 is 5.43. The molecule has 0 aliphatic heterocycles. The molecule has 86 valence electrons. The van der Waals surface area contributed by atoms with Crippen molar-refractivity contribution in [3.05, 3.63) is 12.0 Å². The van der Waals surface area contributed by atoms with Gasteiger partial charge in [0, 0.05) is 6.42 Å². The van der Waals surface area contributed by atoms with Gasteiger partial charge < -0.3 is 9.15 Å². The summed E-state index contributed by atoms with van der Waals surface area (Å²) in [5.41, 5.74) is 0.488. The minimum Gasteiger partial charge on any atom is -0.450 e. The second kappa shape index (κ2) is 5.25. The Labute approximate surface area is 89.2 Å². The van der Waals surface area contributed by atoms with Crippen molar-refractivity contribution in [1.29, 1.82) is 0 Å². The molecule has 1 aromatic heterocycles. The molecule has 1 rings (SSSR count). The lowest BCUT2D eigenvalue weighted by atomic mass is 10.3. The number of nitrogens with zero attached hydrogens (tertiary/aromatic N) is 1. The Morgan fingerprint density at radius 3 is 2.73 bits per heavy atom. The van der Waals surface area contributed by atoms with Gasteiger partial charge in [-0.15, -0.1) is 11.6 Å². The maximum atomic E-state index is 11.7. The van der Waals surface area contributed by atoms with E-state index < -0.39 is 12.6 Å². The molecule has 0 saturated carbocycles. The van der Waals surface area contributed by atoms with Gasteiger partial charge in [-0.3, -0.25) is 0 Å². The lowest BCUT2D eigenvalue weighted by Crippen LogP contribution is -2.09. The summed E-state index contributed by atoms with van der Waals surface area (Å²) in [6.45, 7) is -0.0816. The van der Waals surface area contributed by atoms with Crippen LogP contribution in [0.3, 0.4) is 0 Å². The largest absolute Gasteiger partial charge is 0.450 e. The minimum atomic E-state index is -4.15. The molecule has 0 amide bonds. The van der Waals surface area contributed by atoms with Crippen molar-refractivity contribution in [2.45, 2.75) is 24.9 Å². The van der Waals surface area contributed by atoms with Crippen LogP contribution in [0.5, 0.6) is 6.08 Å². The van der Waals surface area contributed by atoms with Crippen LogP contribution in [0.15, 0.2) is 10.7 Å². The third-order valence-corrected chi connectivity index (χ3v) is 1.77. The number of aromatic nitrogens is 1. The summed E-state index contributed by atoms with van der Waals surface area (Å²) in [5.74, 6) is 0.176. The highest BCUT2D eigenvalue weighted by Gasteiger charge is 2.26. The smallest absolute Gasteiger partial charge is 0.393 e. The first-order chi connectivity index (χ1) is 7.01. The Kier molecular flexibility index (Phi) is 4.26. The van der Waals surface area contributed by atoms with Gasteiger partial charge in [-0.1, -0.05) is 0 Å². The minimum absolute atomic E-state index is 0.0483. The van der Waals surface area contributed by atoms with Gasteiger partial charge in [-0.05, 0) is 6.42 Å². The molecule has 0 aromatic carbocycles. The maximum Gasteiger partial charge on any atom is 0.393 e. The molecule has 1 aromatic rings. The van der Waals surface area contributed by atoms with E-state index in [2.05, 4.69) is 4.98 Å². The molecule has 3 nitrogen and oxygen atoms in total. The number of alkyl halides is 4. The zero-order valence-corrected chi connectivity index (χ0v) is 8.44. The van der Waals surface area contributed by atoms with E-state index in [-0.39, 0.29) is 25.0 Å². The van der Waals surface area contributed by atoms with Crippen molar-refractivity contribution >= 4 is 11.6 Å². The molecule has 0 radical (unpaired) electrons. The second-order valence-electron chi connectivity index (χ2n) is 2.81. The van der Waals surface area contributed by atoms with Crippen LogP contribution in [0.25, 0.3) is 0 Å². The Morgan fingerprint density at radius 2 is 2.20 bits per heavy atom. The van der Waals surface area contributed by atoms with Crippen molar-refractivity contribution in [2.75, 3.05) is 6.61 Å². The molecule has 0 aliphatic rings. The van der Waals surface area contributed by atoms with E-state index in [0.29, 0.717) is 5.69 Å². The van der Waals surface area contributed by atoms with Crippen molar-refractivity contribution in [3.63, 3.8) is 0 Å². The molecule has 0 spiro atoms. The van der Waals surface area contributed by atoms with Crippen LogP contribution in [-0.2, 0) is 5.88 Å². The first-order valence-corrected chi connectivity index (χ1v) is 4.74. The predicted molar refractivity (Wildman–Crippen MR) is 46.8 cm³/mol. The van der Waals surface area contributed by atoms with Crippen LogP contribution in [0, 0.1) is 0 Å². The molecule has 0 aliphatic carbocycles. The highest BCUT2D eigenvalue weighted by atomic mass is 35.5. The lowest BCUT2D eigenvalue weighted by Gasteiger charge is -2.05. The van der Waals surface area contributed by atoms with E-state index in [9.17, 15) is 13.2 Å². The molecule has 0 fully saturated rings. The van der Waals surface area contributed by atoms with Crippen molar-refractivity contribution in [2.24, 2.45) is 0 Å². The zero-order chi connectivity index (χ0) is 11.3. The molecular formula is C8H9ClF3NO2. The fraction of sp³-hybridized carbons (Fsp3) is 0.625. The summed E-state index contributed by atoms with van der Waals surface area (Å²) in [4.78, 5) is 3.76. The molecular weight excluding hydrogens is 235 g/mol. The first-order valence-electron chi connectivity index (χ1n) is 4.21. The van der Waals surface area contributed by atoms with Crippen LogP contribution in [0.1, 0.15) is 18.5 Å². The predicted octanol–water partition coefficient (Wildman–Crippen LogP) is 3.13. The molecule has 15 heavy (non-hydrogen) atoms. The van der Waals surface area contributed by atoms with Crippen molar-refractivity contribution in [1.82, 2.24) is 4.98 Å². The summed E-state index contributed by atoms with van der Waals surface area (Å²) < 4.78 is 44.8. The van der Waals surface area contributed by atoms with E-state index in [4.69, 9.17) is 20.8 Å². The molecule has 0 unspecified atom stereocenters. The molecule has 1 heterocycles. The van der Waals surface area contributed by atoms with Gasteiger partial charge in [0.1, 0.15) is 6.26 Å². The summed E-state index contributed by atoms with van der Waals surface area (Å²) in [6, 6.07) is 0. The number of hydrogen-bond donors (Lipinski definition) is 0. The standard InChI is InChI=1S/C8H9ClF3NO2/c9-4-6-5-15-7(13-6)14-3-1-2-8(10,11)12/h5H,1-4H2. The Morgan fingerprint density at radius 1 is 1.47 bits per heavy atom. The fourth-order valence-corrected chi connectivity index (χ4v) is 0.971. The third-order valence-electron chi connectivity index (χ3n) is 1.50. The second-order valence-corrected chi connectivity index (χ2v) is 3.07. The number of halogens is 4. The number of oxazole rings is 1. The van der Waals surface area contributed by atoms with Crippen LogP contribution < -0.4 is 4.74 Å². The van der Waals surface area contributed by atoms with Gasteiger partial charge in [0.05, 0.1) is 18.2 Å². The van der Waals surface area contributed by atoms with Crippen LogP contribution in [0.4, 0.5) is 13.2 Å². The number of rotatable bonds is 5. The van der Waals surface area contributed by atoms with E-state index in [1.807, 2.05) is 0 Å². The van der Waals surface area contributed by atoms with E-state index in [1.165, 1.54) is 6.26 Å². The molecule has 0 saturated heterocycles. The Bertz CT molecular complexity index is 300. The maximum absolute atomic E-state index is 11.7. The van der Waals surface area contributed by atoms with Gasteiger partial charge in [0.15, 0.2) is 0 Å². The number of ether oxygens (including phenoxy) is 1. The van der Waals surface area contributed by atoms with Gasteiger partial charge in [0.2, 0.25) is 0 Å². The monoisotopic (exact) mass is 243 g/mol. The topological polar surface area (TPSA) is 35.3 Å². The lowest BCUT2D eigenvalue weighted by molar-refractivity contribution is -0.136. The molecule has 0 atom stereocenters.